The van der Waals surface area contributed by atoms with Gasteiger partial charge in [-0.15, -0.1) is 0 Å². The summed E-state index contributed by atoms with van der Waals surface area (Å²) in [5, 5.41) is 5.85. The SMILES string of the molecule is CNC(=O)C(C)NCC(C)c1ccccc1. The van der Waals surface area contributed by atoms with E-state index in [0.717, 1.165) is 6.54 Å². The normalized spacial score (nSPS) is 14.2. The fourth-order valence-electron chi connectivity index (χ4n) is 1.56. The van der Waals surface area contributed by atoms with Crippen LogP contribution in [0.15, 0.2) is 30.3 Å². The van der Waals surface area contributed by atoms with Gasteiger partial charge in [-0.1, -0.05) is 37.3 Å². The van der Waals surface area contributed by atoms with Crippen molar-refractivity contribution in [3.8, 4) is 0 Å². The average molecular weight is 220 g/mol. The van der Waals surface area contributed by atoms with Crippen molar-refractivity contribution < 1.29 is 4.79 Å². The van der Waals surface area contributed by atoms with Crippen molar-refractivity contribution in [3.63, 3.8) is 0 Å². The molecule has 0 fully saturated rings. The van der Waals surface area contributed by atoms with Crippen LogP contribution in [0.4, 0.5) is 0 Å². The van der Waals surface area contributed by atoms with E-state index >= 15 is 0 Å². The Kier molecular flexibility index (Phi) is 4.99. The van der Waals surface area contributed by atoms with Gasteiger partial charge >= 0.3 is 0 Å². The highest BCUT2D eigenvalue weighted by molar-refractivity contribution is 5.80. The van der Waals surface area contributed by atoms with E-state index in [0.29, 0.717) is 5.92 Å². The largest absolute Gasteiger partial charge is 0.358 e. The lowest BCUT2D eigenvalue weighted by Crippen LogP contribution is -2.41. The van der Waals surface area contributed by atoms with Gasteiger partial charge in [0.2, 0.25) is 5.91 Å². The molecule has 2 atom stereocenters. The molecule has 1 aromatic rings. The van der Waals surface area contributed by atoms with Crippen LogP contribution in [0.1, 0.15) is 25.3 Å². The van der Waals surface area contributed by atoms with Crippen molar-refractivity contribution in [1.29, 1.82) is 0 Å². The van der Waals surface area contributed by atoms with E-state index in [4.69, 9.17) is 0 Å². The van der Waals surface area contributed by atoms with Crippen LogP contribution in [0.2, 0.25) is 0 Å². The Morgan fingerprint density at radius 1 is 1.25 bits per heavy atom. The van der Waals surface area contributed by atoms with Crippen molar-refractivity contribution in [2.75, 3.05) is 13.6 Å². The maximum atomic E-state index is 11.3. The molecule has 3 heteroatoms. The summed E-state index contributed by atoms with van der Waals surface area (Å²) in [6.07, 6.45) is 0. The van der Waals surface area contributed by atoms with E-state index in [1.165, 1.54) is 5.56 Å². The molecule has 3 nitrogen and oxygen atoms in total. The first-order chi connectivity index (χ1) is 7.65. The summed E-state index contributed by atoms with van der Waals surface area (Å²) in [4.78, 5) is 11.3. The second kappa shape index (κ2) is 6.28. The maximum absolute atomic E-state index is 11.3. The lowest BCUT2D eigenvalue weighted by atomic mass is 10.0. The number of carbonyl (C=O) groups excluding carboxylic acids is 1. The molecule has 0 aliphatic carbocycles. The third-order valence-electron chi connectivity index (χ3n) is 2.74. The molecule has 1 aromatic carbocycles. The van der Waals surface area contributed by atoms with Gasteiger partial charge in [-0.05, 0) is 18.4 Å². The van der Waals surface area contributed by atoms with Crippen molar-refractivity contribution in [2.45, 2.75) is 25.8 Å². The van der Waals surface area contributed by atoms with Crippen molar-refractivity contribution in [2.24, 2.45) is 0 Å². The third kappa shape index (κ3) is 3.66. The number of likely N-dealkylation sites (N-methyl/N-ethyl adjacent to an activating group) is 1. The van der Waals surface area contributed by atoms with Gasteiger partial charge in [-0.25, -0.2) is 0 Å². The summed E-state index contributed by atoms with van der Waals surface area (Å²) in [5.74, 6) is 0.438. The number of hydrogen-bond acceptors (Lipinski definition) is 2. The molecule has 1 rings (SSSR count). The zero-order valence-corrected chi connectivity index (χ0v) is 10.2. The lowest BCUT2D eigenvalue weighted by Gasteiger charge is -2.16. The molecular weight excluding hydrogens is 200 g/mol. The summed E-state index contributed by atoms with van der Waals surface area (Å²) in [6.45, 7) is 4.83. The summed E-state index contributed by atoms with van der Waals surface area (Å²) < 4.78 is 0. The van der Waals surface area contributed by atoms with Gasteiger partial charge in [0, 0.05) is 13.6 Å². The summed E-state index contributed by atoms with van der Waals surface area (Å²) in [7, 11) is 1.65. The van der Waals surface area contributed by atoms with E-state index in [9.17, 15) is 4.79 Å². The number of amides is 1. The first kappa shape index (κ1) is 12.7. The quantitative estimate of drug-likeness (QED) is 0.790. The van der Waals surface area contributed by atoms with Gasteiger partial charge in [0.1, 0.15) is 0 Å². The number of nitrogens with one attached hydrogen (secondary N) is 2. The predicted octanol–water partition coefficient (Wildman–Crippen LogP) is 1.51. The minimum absolute atomic E-state index is 0.0280. The van der Waals surface area contributed by atoms with Crippen molar-refractivity contribution in [1.82, 2.24) is 10.6 Å². The highest BCUT2D eigenvalue weighted by atomic mass is 16.2. The second-order valence-electron chi connectivity index (χ2n) is 4.06. The monoisotopic (exact) mass is 220 g/mol. The Bertz CT molecular complexity index is 324. The van der Waals surface area contributed by atoms with Gasteiger partial charge in [0.25, 0.3) is 0 Å². The summed E-state index contributed by atoms with van der Waals surface area (Å²) in [6, 6.07) is 10.2. The highest BCUT2D eigenvalue weighted by Gasteiger charge is 2.12. The Morgan fingerprint density at radius 3 is 2.44 bits per heavy atom. The molecular formula is C13H20N2O. The third-order valence-corrected chi connectivity index (χ3v) is 2.74. The van der Waals surface area contributed by atoms with Gasteiger partial charge in [0.15, 0.2) is 0 Å². The smallest absolute Gasteiger partial charge is 0.236 e. The van der Waals surface area contributed by atoms with Crippen LogP contribution in [0.3, 0.4) is 0 Å². The molecule has 88 valence electrons. The molecule has 2 N–H and O–H groups in total. The van der Waals surface area contributed by atoms with Crippen LogP contribution >= 0.6 is 0 Å². The molecule has 2 unspecified atom stereocenters. The topological polar surface area (TPSA) is 41.1 Å². The van der Waals surface area contributed by atoms with E-state index in [-0.39, 0.29) is 11.9 Å². The Hall–Kier alpha value is -1.35. The first-order valence-electron chi connectivity index (χ1n) is 5.65. The molecule has 0 radical (unpaired) electrons. The van der Waals surface area contributed by atoms with Crippen LogP contribution in [-0.2, 0) is 4.79 Å². The molecule has 0 heterocycles. The maximum Gasteiger partial charge on any atom is 0.236 e. The van der Waals surface area contributed by atoms with Gasteiger partial charge in [-0.2, -0.15) is 0 Å². The Labute approximate surface area is 97.2 Å². The first-order valence-corrected chi connectivity index (χ1v) is 5.65. The number of carbonyl (C=O) groups is 1. The van der Waals surface area contributed by atoms with Crippen LogP contribution in [0, 0.1) is 0 Å². The number of hydrogen-bond donors (Lipinski definition) is 2. The summed E-state index contributed by atoms with van der Waals surface area (Å²) in [5.41, 5.74) is 1.29. The number of rotatable bonds is 5. The lowest BCUT2D eigenvalue weighted by molar-refractivity contribution is -0.122. The van der Waals surface area contributed by atoms with Gasteiger partial charge in [0.05, 0.1) is 6.04 Å². The van der Waals surface area contributed by atoms with E-state index in [2.05, 4.69) is 29.7 Å². The molecule has 0 saturated heterocycles. The minimum atomic E-state index is -0.142. The zero-order valence-electron chi connectivity index (χ0n) is 10.2. The fraction of sp³-hybridized carbons (Fsp3) is 0.462. The van der Waals surface area contributed by atoms with Gasteiger partial charge in [-0.3, -0.25) is 4.79 Å². The Balaban J connectivity index is 2.41. The average Bonchev–Trinajstić information content (AvgIpc) is 2.35. The molecule has 0 aromatic heterocycles. The van der Waals surface area contributed by atoms with Crippen LogP contribution in [0.25, 0.3) is 0 Å². The standard InChI is InChI=1S/C13H20N2O/c1-10(12-7-5-4-6-8-12)9-15-11(2)13(16)14-3/h4-8,10-11,15H,9H2,1-3H3,(H,14,16). The van der Waals surface area contributed by atoms with Crippen LogP contribution < -0.4 is 10.6 Å². The molecule has 1 amide bonds. The van der Waals surface area contributed by atoms with Crippen LogP contribution in [-0.4, -0.2) is 25.5 Å². The second-order valence-corrected chi connectivity index (χ2v) is 4.06. The van der Waals surface area contributed by atoms with E-state index in [1.54, 1.807) is 7.05 Å². The van der Waals surface area contributed by atoms with E-state index in [1.807, 2.05) is 25.1 Å². The molecule has 0 aliphatic heterocycles. The van der Waals surface area contributed by atoms with Crippen molar-refractivity contribution in [3.05, 3.63) is 35.9 Å². The van der Waals surface area contributed by atoms with Crippen LogP contribution in [0.5, 0.6) is 0 Å². The van der Waals surface area contributed by atoms with Crippen molar-refractivity contribution >= 4 is 5.91 Å². The summed E-state index contributed by atoms with van der Waals surface area (Å²) >= 11 is 0. The molecule has 16 heavy (non-hydrogen) atoms. The minimum Gasteiger partial charge on any atom is -0.358 e. The fourth-order valence-corrected chi connectivity index (χ4v) is 1.56. The molecule has 0 bridgehead atoms. The number of benzene rings is 1. The van der Waals surface area contributed by atoms with Gasteiger partial charge < -0.3 is 10.6 Å². The zero-order chi connectivity index (χ0) is 12.0. The Morgan fingerprint density at radius 2 is 1.88 bits per heavy atom. The molecule has 0 saturated carbocycles. The molecule has 0 spiro atoms. The van der Waals surface area contributed by atoms with E-state index < -0.39 is 0 Å². The highest BCUT2D eigenvalue weighted by Crippen LogP contribution is 2.13. The predicted molar refractivity (Wildman–Crippen MR) is 66.4 cm³/mol. The molecule has 0 aliphatic rings.